The van der Waals surface area contributed by atoms with Crippen LogP contribution in [0.2, 0.25) is 0 Å². The lowest BCUT2D eigenvalue weighted by atomic mass is 9.96. The van der Waals surface area contributed by atoms with Gasteiger partial charge in [-0.05, 0) is 48.2 Å². The Kier molecular flexibility index (Phi) is 7.84. The van der Waals surface area contributed by atoms with Crippen molar-refractivity contribution < 1.29 is 28.5 Å². The molecule has 8 nitrogen and oxygen atoms in total. The summed E-state index contributed by atoms with van der Waals surface area (Å²) in [6.45, 7) is -2.21. The number of hydrogen-bond donors (Lipinski definition) is 3. The van der Waals surface area contributed by atoms with Crippen LogP contribution >= 0.6 is 0 Å². The van der Waals surface area contributed by atoms with Gasteiger partial charge in [0.2, 0.25) is 11.9 Å². The minimum Gasteiger partial charge on any atom is -0.435 e. The topological polar surface area (TPSA) is 108 Å². The van der Waals surface area contributed by atoms with E-state index < -0.39 is 12.5 Å². The molecule has 1 fully saturated rings. The Balaban J connectivity index is 1.38. The number of nitrogens with one attached hydrogen (secondary N) is 1. The predicted molar refractivity (Wildman–Crippen MR) is 125 cm³/mol. The van der Waals surface area contributed by atoms with Crippen LogP contribution in [0.4, 0.5) is 20.4 Å². The fraction of sp³-hybridized carbons (Fsp3) is 0.320. The third kappa shape index (κ3) is 6.28. The van der Waals surface area contributed by atoms with Crippen LogP contribution < -0.4 is 10.1 Å². The van der Waals surface area contributed by atoms with Gasteiger partial charge in [0.25, 0.3) is 0 Å². The van der Waals surface area contributed by atoms with Crippen LogP contribution in [0.1, 0.15) is 24.3 Å². The van der Waals surface area contributed by atoms with Crippen molar-refractivity contribution in [2.75, 3.05) is 25.0 Å². The summed E-state index contributed by atoms with van der Waals surface area (Å²) in [7, 11) is 0. The number of carbonyl (C=O) groups excluding carboxylic acids is 1. The minimum absolute atomic E-state index is 0.0752. The predicted octanol–water partition coefficient (Wildman–Crippen LogP) is 3.55. The molecule has 3 N–H and O–H groups in total. The zero-order valence-electron chi connectivity index (χ0n) is 18.8. The van der Waals surface area contributed by atoms with Gasteiger partial charge in [-0.3, -0.25) is 4.79 Å². The molecule has 0 bridgehead atoms. The molecule has 1 atom stereocenters. The Morgan fingerprint density at radius 1 is 1.03 bits per heavy atom. The Morgan fingerprint density at radius 3 is 2.23 bits per heavy atom. The van der Waals surface area contributed by atoms with Crippen molar-refractivity contribution in [2.45, 2.75) is 31.5 Å². The largest absolute Gasteiger partial charge is 0.435 e. The van der Waals surface area contributed by atoms with Crippen molar-refractivity contribution in [2.24, 2.45) is 0 Å². The summed E-state index contributed by atoms with van der Waals surface area (Å²) in [5, 5.41) is 22.6. The number of ether oxygens (including phenoxy) is 1. The van der Waals surface area contributed by atoms with Gasteiger partial charge in [0.1, 0.15) is 5.75 Å². The SMILES string of the molecule is O=C([C@@H](CO)c1ccc(Nc2ncc(-c3ccc(OC(F)F)cc3)cn2)cc1)N1CCC(O)CC1. The molecule has 4 rings (SSSR count). The normalized spacial score (nSPS) is 15.2. The number of piperidine rings is 1. The highest BCUT2D eigenvalue weighted by Crippen LogP contribution is 2.25. The van der Waals surface area contributed by atoms with Crippen LogP contribution in [0.5, 0.6) is 5.75 Å². The summed E-state index contributed by atoms with van der Waals surface area (Å²) in [5.74, 6) is -0.368. The van der Waals surface area contributed by atoms with Crippen molar-refractivity contribution >= 4 is 17.5 Å². The Bertz CT molecular complexity index is 1100. The first-order chi connectivity index (χ1) is 16.9. The molecule has 1 amide bonds. The second-order valence-corrected chi connectivity index (χ2v) is 8.24. The number of likely N-dealkylation sites (tertiary alicyclic amines) is 1. The van der Waals surface area contributed by atoms with Crippen molar-refractivity contribution in [3.05, 3.63) is 66.5 Å². The fourth-order valence-corrected chi connectivity index (χ4v) is 3.93. The number of nitrogens with zero attached hydrogens (tertiary/aromatic N) is 3. The van der Waals surface area contributed by atoms with Crippen LogP contribution in [0, 0.1) is 0 Å². The first kappa shape index (κ1) is 24.5. The maximum atomic E-state index is 12.8. The number of carbonyl (C=O) groups is 1. The van der Waals surface area contributed by atoms with Crippen molar-refractivity contribution in [1.29, 1.82) is 0 Å². The zero-order chi connectivity index (χ0) is 24.8. The molecular weight excluding hydrogens is 458 g/mol. The van der Waals surface area contributed by atoms with Gasteiger partial charge < -0.3 is 25.2 Å². The van der Waals surface area contributed by atoms with Crippen LogP contribution in [0.25, 0.3) is 11.1 Å². The van der Waals surface area contributed by atoms with Gasteiger partial charge in [0, 0.05) is 36.7 Å². The highest BCUT2D eigenvalue weighted by molar-refractivity contribution is 5.84. The third-order valence-electron chi connectivity index (χ3n) is 5.89. The average molecular weight is 485 g/mol. The lowest BCUT2D eigenvalue weighted by molar-refractivity contribution is -0.135. The van der Waals surface area contributed by atoms with Gasteiger partial charge in [-0.25, -0.2) is 9.97 Å². The number of aliphatic hydroxyl groups is 2. The first-order valence-electron chi connectivity index (χ1n) is 11.2. The molecule has 2 heterocycles. The molecule has 0 aliphatic carbocycles. The second kappa shape index (κ2) is 11.2. The van der Waals surface area contributed by atoms with Crippen molar-refractivity contribution in [3.8, 4) is 16.9 Å². The number of benzene rings is 2. The van der Waals surface area contributed by atoms with E-state index in [1.54, 1.807) is 53.7 Å². The van der Waals surface area contributed by atoms with E-state index in [9.17, 15) is 23.8 Å². The summed E-state index contributed by atoms with van der Waals surface area (Å²) < 4.78 is 28.9. The summed E-state index contributed by atoms with van der Waals surface area (Å²) in [6.07, 6.45) is 3.95. The molecule has 3 aromatic rings. The number of hydrogen-bond acceptors (Lipinski definition) is 7. The molecule has 0 radical (unpaired) electrons. The molecule has 1 aliphatic heterocycles. The summed E-state index contributed by atoms with van der Waals surface area (Å²) in [4.78, 5) is 23.1. The van der Waals surface area contributed by atoms with Gasteiger partial charge in [-0.15, -0.1) is 0 Å². The second-order valence-electron chi connectivity index (χ2n) is 8.24. The van der Waals surface area contributed by atoms with E-state index in [2.05, 4.69) is 20.0 Å². The van der Waals surface area contributed by atoms with Gasteiger partial charge in [-0.2, -0.15) is 8.78 Å². The number of halogens is 2. The van der Waals surface area contributed by atoms with Crippen LogP contribution in [-0.4, -0.2) is 63.4 Å². The molecule has 35 heavy (non-hydrogen) atoms. The van der Waals surface area contributed by atoms with Gasteiger partial charge in [0.15, 0.2) is 0 Å². The van der Waals surface area contributed by atoms with E-state index in [1.165, 1.54) is 12.1 Å². The average Bonchev–Trinajstić information content (AvgIpc) is 2.86. The lowest BCUT2D eigenvalue weighted by Crippen LogP contribution is -2.43. The molecule has 2 aromatic carbocycles. The summed E-state index contributed by atoms with van der Waals surface area (Å²) >= 11 is 0. The number of aliphatic hydroxyl groups excluding tert-OH is 2. The lowest BCUT2D eigenvalue weighted by Gasteiger charge is -2.32. The quantitative estimate of drug-likeness (QED) is 0.449. The molecule has 1 aliphatic rings. The molecule has 184 valence electrons. The Morgan fingerprint density at radius 2 is 1.66 bits per heavy atom. The number of aromatic nitrogens is 2. The summed E-state index contributed by atoms with van der Waals surface area (Å²) in [6, 6.07) is 13.3. The number of alkyl halides is 2. The van der Waals surface area contributed by atoms with Gasteiger partial charge in [0.05, 0.1) is 18.6 Å². The van der Waals surface area contributed by atoms with Crippen molar-refractivity contribution in [1.82, 2.24) is 14.9 Å². The third-order valence-corrected chi connectivity index (χ3v) is 5.89. The van der Waals surface area contributed by atoms with E-state index in [0.717, 1.165) is 5.56 Å². The molecule has 0 spiro atoms. The van der Waals surface area contributed by atoms with E-state index in [4.69, 9.17) is 0 Å². The number of rotatable bonds is 8. The number of amides is 1. The maximum absolute atomic E-state index is 12.8. The molecule has 1 aromatic heterocycles. The molecular formula is C25H26F2N4O4. The fourth-order valence-electron chi connectivity index (χ4n) is 3.93. The van der Waals surface area contributed by atoms with Gasteiger partial charge >= 0.3 is 6.61 Å². The number of anilines is 2. The summed E-state index contributed by atoms with van der Waals surface area (Å²) in [5.41, 5.74) is 2.87. The van der Waals surface area contributed by atoms with E-state index >= 15 is 0 Å². The van der Waals surface area contributed by atoms with Crippen LogP contribution in [0.3, 0.4) is 0 Å². The molecule has 0 saturated carbocycles. The standard InChI is InChI=1S/C25H26F2N4O4/c26-24(27)35-21-7-3-16(4-8-21)18-13-28-25(29-14-18)30-19-5-1-17(2-6-19)22(15-32)23(34)31-11-9-20(33)10-12-31/h1-8,13-14,20,22,24,32-33H,9-12,15H2,(H,28,29,30)/t22-/m0/s1. The van der Waals surface area contributed by atoms with Crippen LogP contribution in [0.15, 0.2) is 60.9 Å². The van der Waals surface area contributed by atoms with E-state index in [1.807, 2.05) is 0 Å². The highest BCUT2D eigenvalue weighted by atomic mass is 19.3. The Hall–Kier alpha value is -3.63. The molecule has 10 heteroatoms. The highest BCUT2D eigenvalue weighted by Gasteiger charge is 2.28. The van der Waals surface area contributed by atoms with E-state index in [-0.39, 0.29) is 24.4 Å². The monoisotopic (exact) mass is 484 g/mol. The Labute approximate surface area is 201 Å². The molecule has 1 saturated heterocycles. The smallest absolute Gasteiger partial charge is 0.387 e. The first-order valence-corrected chi connectivity index (χ1v) is 11.2. The van der Waals surface area contributed by atoms with Gasteiger partial charge in [-0.1, -0.05) is 24.3 Å². The maximum Gasteiger partial charge on any atom is 0.387 e. The molecule has 0 unspecified atom stereocenters. The van der Waals surface area contributed by atoms with Crippen molar-refractivity contribution in [3.63, 3.8) is 0 Å². The minimum atomic E-state index is -2.87. The van der Waals surface area contributed by atoms with E-state index in [0.29, 0.717) is 48.7 Å². The zero-order valence-corrected chi connectivity index (χ0v) is 18.8. The van der Waals surface area contributed by atoms with Crippen LogP contribution in [-0.2, 0) is 4.79 Å².